The molecule has 0 saturated carbocycles. The number of nitrogens with one attached hydrogen (secondary N) is 2. The highest BCUT2D eigenvalue weighted by Gasteiger charge is 2.06. The van der Waals surface area contributed by atoms with Gasteiger partial charge in [0.15, 0.2) is 0 Å². The van der Waals surface area contributed by atoms with Gasteiger partial charge in [0.2, 0.25) is 0 Å². The lowest BCUT2D eigenvalue weighted by Crippen LogP contribution is -1.94. The second kappa shape index (κ2) is 4.73. The van der Waals surface area contributed by atoms with Gasteiger partial charge in [0.25, 0.3) is 0 Å². The van der Waals surface area contributed by atoms with Crippen LogP contribution in [0, 0.1) is 27.7 Å². The van der Waals surface area contributed by atoms with E-state index in [9.17, 15) is 0 Å². The highest BCUT2D eigenvalue weighted by Crippen LogP contribution is 2.11. The molecule has 0 fully saturated rings. The molecule has 0 spiro atoms. The first-order valence-corrected chi connectivity index (χ1v) is 6.10. The summed E-state index contributed by atoms with van der Waals surface area (Å²) in [7, 11) is 0. The van der Waals surface area contributed by atoms with Gasteiger partial charge in [0, 0.05) is 11.4 Å². The fraction of sp³-hybridized carbons (Fsp3) is 0.538. The highest BCUT2D eigenvalue weighted by atomic mass is 14.9. The first kappa shape index (κ1) is 11.9. The predicted molar refractivity (Wildman–Crippen MR) is 68.1 cm³/mol. The maximum Gasteiger partial charge on any atom is 0.103 e. The lowest BCUT2D eigenvalue weighted by molar-refractivity contribution is 0.778. The highest BCUT2D eigenvalue weighted by molar-refractivity contribution is 5.15. The Morgan fingerprint density at radius 2 is 1.18 bits per heavy atom. The van der Waals surface area contributed by atoms with Gasteiger partial charge < -0.3 is 9.97 Å². The molecule has 2 heterocycles. The minimum absolute atomic E-state index is 1.00. The summed E-state index contributed by atoms with van der Waals surface area (Å²) in [6.07, 6.45) is 3.12. The summed E-state index contributed by atoms with van der Waals surface area (Å²) < 4.78 is 0. The zero-order valence-corrected chi connectivity index (χ0v) is 11.0. The van der Waals surface area contributed by atoms with Crippen molar-refractivity contribution < 1.29 is 0 Å². The summed E-state index contributed by atoms with van der Waals surface area (Å²) in [4.78, 5) is 15.4. The Kier molecular flexibility index (Phi) is 3.31. The van der Waals surface area contributed by atoms with Gasteiger partial charge in [-0.2, -0.15) is 0 Å². The van der Waals surface area contributed by atoms with Crippen molar-refractivity contribution in [1.82, 2.24) is 19.9 Å². The Morgan fingerprint density at radius 1 is 0.765 bits per heavy atom. The van der Waals surface area contributed by atoms with Crippen molar-refractivity contribution in [2.24, 2.45) is 0 Å². The van der Waals surface area contributed by atoms with E-state index in [2.05, 4.69) is 33.8 Å². The Bertz CT molecular complexity index is 461. The van der Waals surface area contributed by atoms with E-state index in [1.54, 1.807) is 0 Å². The Labute approximate surface area is 102 Å². The molecule has 2 aromatic rings. The molecule has 0 aliphatic carbocycles. The van der Waals surface area contributed by atoms with Gasteiger partial charge in [0.1, 0.15) is 11.6 Å². The van der Waals surface area contributed by atoms with Crippen LogP contribution < -0.4 is 0 Å². The van der Waals surface area contributed by atoms with Crippen molar-refractivity contribution in [3.8, 4) is 0 Å². The first-order chi connectivity index (χ1) is 8.06. The molecular formula is C13H20N4. The number of hydrogen-bond donors (Lipinski definition) is 2. The van der Waals surface area contributed by atoms with Crippen molar-refractivity contribution in [3.05, 3.63) is 34.4 Å². The molecule has 0 aliphatic rings. The van der Waals surface area contributed by atoms with Crippen LogP contribution in [0.25, 0.3) is 0 Å². The van der Waals surface area contributed by atoms with Crippen LogP contribution in [0.3, 0.4) is 0 Å². The normalized spacial score (nSPS) is 11.1. The van der Waals surface area contributed by atoms with E-state index in [1.165, 1.54) is 22.8 Å². The fourth-order valence-electron chi connectivity index (χ4n) is 2.23. The maximum absolute atomic E-state index is 4.49. The Morgan fingerprint density at radius 3 is 1.47 bits per heavy atom. The largest absolute Gasteiger partial charge is 0.346 e. The van der Waals surface area contributed by atoms with Crippen LogP contribution in [0.15, 0.2) is 0 Å². The van der Waals surface area contributed by atoms with E-state index in [4.69, 9.17) is 0 Å². The van der Waals surface area contributed by atoms with Gasteiger partial charge in [-0.25, -0.2) is 9.97 Å². The molecule has 17 heavy (non-hydrogen) atoms. The zero-order chi connectivity index (χ0) is 12.4. The molecule has 0 unspecified atom stereocenters. The average Bonchev–Trinajstić information content (AvgIpc) is 2.71. The van der Waals surface area contributed by atoms with Crippen LogP contribution in [-0.2, 0) is 12.8 Å². The third-order valence-electron chi connectivity index (χ3n) is 3.04. The summed E-state index contributed by atoms with van der Waals surface area (Å²) in [5.74, 6) is 2.01. The molecular weight excluding hydrogens is 212 g/mol. The summed E-state index contributed by atoms with van der Waals surface area (Å²) in [6, 6.07) is 0. The number of H-pyrrole nitrogens is 2. The second-order valence-electron chi connectivity index (χ2n) is 4.64. The van der Waals surface area contributed by atoms with Gasteiger partial charge in [-0.3, -0.25) is 0 Å². The van der Waals surface area contributed by atoms with Crippen molar-refractivity contribution in [3.63, 3.8) is 0 Å². The number of aryl methyl sites for hydroxylation is 6. The van der Waals surface area contributed by atoms with Crippen molar-refractivity contribution in [2.45, 2.75) is 47.0 Å². The molecule has 0 atom stereocenters. The van der Waals surface area contributed by atoms with Gasteiger partial charge in [-0.05, 0) is 47.0 Å². The number of rotatable bonds is 4. The molecule has 4 nitrogen and oxygen atoms in total. The monoisotopic (exact) mass is 232 g/mol. The van der Waals surface area contributed by atoms with Gasteiger partial charge in [0.05, 0.1) is 11.4 Å². The molecule has 2 rings (SSSR count). The van der Waals surface area contributed by atoms with E-state index >= 15 is 0 Å². The molecule has 0 bridgehead atoms. The number of hydrogen-bond acceptors (Lipinski definition) is 2. The fourth-order valence-corrected chi connectivity index (χ4v) is 2.23. The Balaban J connectivity index is 1.92. The number of nitrogens with zero attached hydrogens (tertiary/aromatic N) is 2. The van der Waals surface area contributed by atoms with Crippen LogP contribution in [0.5, 0.6) is 0 Å². The van der Waals surface area contributed by atoms with Crippen molar-refractivity contribution in [1.29, 1.82) is 0 Å². The van der Waals surface area contributed by atoms with Gasteiger partial charge >= 0.3 is 0 Å². The van der Waals surface area contributed by atoms with E-state index in [0.717, 1.165) is 30.9 Å². The average molecular weight is 232 g/mol. The molecule has 4 heteroatoms. The lowest BCUT2D eigenvalue weighted by atomic mass is 10.1. The molecule has 92 valence electrons. The van der Waals surface area contributed by atoms with Crippen molar-refractivity contribution in [2.75, 3.05) is 0 Å². The third kappa shape index (κ3) is 2.75. The van der Waals surface area contributed by atoms with Gasteiger partial charge in [-0.1, -0.05) is 0 Å². The standard InChI is InChI=1S/C13H20N4/c1-8-12(16-10(3)14-8)6-5-7-13-9(2)15-11(4)17-13/h5-7H2,1-4H3,(H,14,16)(H,15,17). The number of imidazole rings is 2. The van der Waals surface area contributed by atoms with Crippen LogP contribution in [0.1, 0.15) is 40.8 Å². The summed E-state index contributed by atoms with van der Waals surface area (Å²) in [6.45, 7) is 8.16. The smallest absolute Gasteiger partial charge is 0.103 e. The topological polar surface area (TPSA) is 57.4 Å². The van der Waals surface area contributed by atoms with E-state index in [-0.39, 0.29) is 0 Å². The summed E-state index contributed by atoms with van der Waals surface area (Å²) >= 11 is 0. The van der Waals surface area contributed by atoms with E-state index in [0.29, 0.717) is 0 Å². The quantitative estimate of drug-likeness (QED) is 0.851. The lowest BCUT2D eigenvalue weighted by Gasteiger charge is -1.99. The molecule has 2 N–H and O–H groups in total. The van der Waals surface area contributed by atoms with Crippen LogP contribution in [-0.4, -0.2) is 19.9 Å². The first-order valence-electron chi connectivity index (χ1n) is 6.10. The summed E-state index contributed by atoms with van der Waals surface area (Å²) in [5, 5.41) is 0. The summed E-state index contributed by atoms with van der Waals surface area (Å²) in [5.41, 5.74) is 4.76. The number of aromatic nitrogens is 4. The molecule has 0 amide bonds. The van der Waals surface area contributed by atoms with Crippen molar-refractivity contribution >= 4 is 0 Å². The van der Waals surface area contributed by atoms with Gasteiger partial charge in [-0.15, -0.1) is 0 Å². The van der Waals surface area contributed by atoms with Crippen LogP contribution in [0.2, 0.25) is 0 Å². The van der Waals surface area contributed by atoms with Crippen LogP contribution in [0.4, 0.5) is 0 Å². The predicted octanol–water partition coefficient (Wildman–Crippen LogP) is 2.54. The van der Waals surface area contributed by atoms with E-state index in [1.807, 2.05) is 13.8 Å². The van der Waals surface area contributed by atoms with Crippen LogP contribution >= 0.6 is 0 Å². The second-order valence-corrected chi connectivity index (χ2v) is 4.64. The molecule has 2 aromatic heterocycles. The molecule has 0 aliphatic heterocycles. The molecule has 0 saturated heterocycles. The third-order valence-corrected chi connectivity index (χ3v) is 3.04. The maximum atomic E-state index is 4.49. The molecule has 0 radical (unpaired) electrons. The van der Waals surface area contributed by atoms with E-state index < -0.39 is 0 Å². The zero-order valence-electron chi connectivity index (χ0n) is 11.0. The number of aromatic amines is 2. The SMILES string of the molecule is Cc1nc(CCCc2nc(C)[nH]c2C)c(C)[nH]1. The minimum Gasteiger partial charge on any atom is -0.346 e. The molecule has 0 aromatic carbocycles. The minimum atomic E-state index is 1.00. The Hall–Kier alpha value is -1.58.